The van der Waals surface area contributed by atoms with Crippen LogP contribution in [0.5, 0.6) is 0 Å². The van der Waals surface area contributed by atoms with E-state index in [1.54, 1.807) is 18.5 Å². The molecule has 4 aliphatic rings. The van der Waals surface area contributed by atoms with Crippen LogP contribution in [0.1, 0.15) is 0 Å². The lowest BCUT2D eigenvalue weighted by atomic mass is 10.0. The number of nitrogens with zero attached hydrogens (tertiary/aromatic N) is 4. The SMILES string of the molecule is Cl.Cl.O=S1(=O)C[C@@H]2[C@H](C1)N(CC1[C@H]3CNC[C@@H]13)CCN2c1ncccn1. The Labute approximate surface area is 166 Å². The van der Waals surface area contributed by atoms with Crippen molar-refractivity contribution in [2.45, 2.75) is 12.1 Å². The molecule has 1 unspecified atom stereocenters. The number of piperidine rings is 1. The Balaban J connectivity index is 0.000000980. The molecule has 5 rings (SSSR count). The minimum atomic E-state index is -2.99. The second-order valence-corrected chi connectivity index (χ2v) is 9.75. The van der Waals surface area contributed by atoms with Crippen molar-refractivity contribution >= 4 is 40.6 Å². The van der Waals surface area contributed by atoms with Crippen molar-refractivity contribution in [3.8, 4) is 0 Å². The summed E-state index contributed by atoms with van der Waals surface area (Å²) in [7, 11) is -2.99. The summed E-state index contributed by atoms with van der Waals surface area (Å²) in [5.41, 5.74) is 0. The summed E-state index contributed by atoms with van der Waals surface area (Å²) in [4.78, 5) is 13.3. The van der Waals surface area contributed by atoms with Crippen LogP contribution in [-0.2, 0) is 9.84 Å². The summed E-state index contributed by atoms with van der Waals surface area (Å²) in [5.74, 6) is 3.56. The highest BCUT2D eigenvalue weighted by atomic mass is 35.5. The van der Waals surface area contributed by atoms with Gasteiger partial charge in [-0.15, -0.1) is 24.8 Å². The number of anilines is 1. The summed E-state index contributed by atoms with van der Waals surface area (Å²) in [6.45, 7) is 5.04. The fourth-order valence-corrected chi connectivity index (χ4v) is 7.04. The topological polar surface area (TPSA) is 78.4 Å². The Bertz CT molecular complexity index is 727. The van der Waals surface area contributed by atoms with E-state index in [-0.39, 0.29) is 48.4 Å². The maximum absolute atomic E-state index is 12.3. The monoisotopic (exact) mass is 421 g/mol. The van der Waals surface area contributed by atoms with Crippen LogP contribution in [0, 0.1) is 17.8 Å². The van der Waals surface area contributed by atoms with Gasteiger partial charge < -0.3 is 10.2 Å². The molecule has 1 N–H and O–H groups in total. The summed E-state index contributed by atoms with van der Waals surface area (Å²) >= 11 is 0. The predicted molar refractivity (Wildman–Crippen MR) is 105 cm³/mol. The largest absolute Gasteiger partial charge is 0.334 e. The third-order valence-corrected chi connectivity index (χ3v) is 8.01. The summed E-state index contributed by atoms with van der Waals surface area (Å²) < 4.78 is 24.6. The van der Waals surface area contributed by atoms with Crippen LogP contribution < -0.4 is 10.2 Å². The molecule has 26 heavy (non-hydrogen) atoms. The van der Waals surface area contributed by atoms with Gasteiger partial charge in [-0.3, -0.25) is 4.90 Å². The molecule has 4 heterocycles. The van der Waals surface area contributed by atoms with Crippen molar-refractivity contribution in [2.75, 3.05) is 49.1 Å². The summed E-state index contributed by atoms with van der Waals surface area (Å²) in [5, 5.41) is 3.44. The van der Waals surface area contributed by atoms with E-state index >= 15 is 0 Å². The van der Waals surface area contributed by atoms with E-state index in [0.717, 1.165) is 50.5 Å². The predicted octanol–water partition coefficient (Wildman–Crippen LogP) is 0.0732. The second kappa shape index (κ2) is 7.39. The number of hydrogen-bond acceptors (Lipinski definition) is 7. The normalized spacial score (nSPS) is 37.2. The van der Waals surface area contributed by atoms with Crippen molar-refractivity contribution in [1.29, 1.82) is 0 Å². The number of fused-ring (bicyclic) bond motifs is 2. The first kappa shape index (κ1) is 20.1. The maximum atomic E-state index is 12.3. The number of rotatable bonds is 3. The van der Waals surface area contributed by atoms with Crippen LogP contribution in [0.3, 0.4) is 0 Å². The van der Waals surface area contributed by atoms with Gasteiger partial charge >= 0.3 is 0 Å². The highest BCUT2D eigenvalue weighted by Crippen LogP contribution is 2.49. The molecule has 1 aromatic heterocycles. The molecule has 0 radical (unpaired) electrons. The smallest absolute Gasteiger partial charge is 0.225 e. The molecule has 3 aliphatic heterocycles. The molecule has 0 spiro atoms. The molecule has 1 aliphatic carbocycles. The average molecular weight is 422 g/mol. The van der Waals surface area contributed by atoms with Gasteiger partial charge in [-0.2, -0.15) is 0 Å². The number of halogens is 2. The Kier molecular flexibility index (Phi) is 5.71. The van der Waals surface area contributed by atoms with E-state index in [1.165, 1.54) is 0 Å². The van der Waals surface area contributed by atoms with Gasteiger partial charge in [0.05, 0.1) is 17.5 Å². The van der Waals surface area contributed by atoms with Crippen LogP contribution in [0.4, 0.5) is 5.95 Å². The van der Waals surface area contributed by atoms with Gasteiger partial charge in [-0.05, 0) is 36.9 Å². The molecule has 7 nitrogen and oxygen atoms in total. The fourth-order valence-electron chi connectivity index (χ4n) is 5.03. The van der Waals surface area contributed by atoms with E-state index in [4.69, 9.17) is 0 Å². The molecular formula is C16H25Cl2N5O2S. The van der Waals surface area contributed by atoms with Crippen molar-refractivity contribution in [2.24, 2.45) is 17.8 Å². The minimum Gasteiger partial charge on any atom is -0.334 e. The Morgan fingerprint density at radius 2 is 1.69 bits per heavy atom. The molecule has 10 heteroatoms. The van der Waals surface area contributed by atoms with Crippen molar-refractivity contribution in [3.05, 3.63) is 18.5 Å². The van der Waals surface area contributed by atoms with Gasteiger partial charge in [0.25, 0.3) is 0 Å². The van der Waals surface area contributed by atoms with E-state index in [9.17, 15) is 8.42 Å². The van der Waals surface area contributed by atoms with Gasteiger partial charge in [0.2, 0.25) is 5.95 Å². The van der Waals surface area contributed by atoms with E-state index < -0.39 is 9.84 Å². The lowest BCUT2D eigenvalue weighted by Gasteiger charge is -2.44. The molecule has 0 amide bonds. The molecule has 4 fully saturated rings. The third-order valence-electron chi connectivity index (χ3n) is 6.31. The van der Waals surface area contributed by atoms with Crippen LogP contribution in [-0.4, -0.2) is 79.6 Å². The summed E-state index contributed by atoms with van der Waals surface area (Å²) in [6.07, 6.45) is 3.46. The quantitative estimate of drug-likeness (QED) is 0.739. The lowest BCUT2D eigenvalue weighted by molar-refractivity contribution is 0.154. The summed E-state index contributed by atoms with van der Waals surface area (Å²) in [6, 6.07) is 1.87. The Morgan fingerprint density at radius 3 is 2.38 bits per heavy atom. The first-order valence-electron chi connectivity index (χ1n) is 8.81. The van der Waals surface area contributed by atoms with Crippen molar-refractivity contribution < 1.29 is 8.42 Å². The molecule has 1 saturated carbocycles. The standard InChI is InChI=1S/C16H23N5O2S.2ClH/c22-24(23)9-14-15(10-24)21(16-18-2-1-3-19-16)5-4-20(14)8-13-11-6-17-7-12(11)13;;/h1-3,11-15,17H,4-10H2;2*1H/t11-,12+,13?,14-,15+;;/m0../s1. The third kappa shape index (κ3) is 3.42. The first-order valence-corrected chi connectivity index (χ1v) is 10.6. The van der Waals surface area contributed by atoms with Crippen molar-refractivity contribution in [3.63, 3.8) is 0 Å². The molecule has 146 valence electrons. The minimum absolute atomic E-state index is 0. The Hall–Kier alpha value is -0.670. The number of nitrogens with one attached hydrogen (secondary N) is 1. The second-order valence-electron chi connectivity index (χ2n) is 7.60. The highest BCUT2D eigenvalue weighted by Gasteiger charge is 2.55. The zero-order valence-corrected chi connectivity index (χ0v) is 16.8. The van der Waals surface area contributed by atoms with E-state index in [1.807, 2.05) is 0 Å². The van der Waals surface area contributed by atoms with Gasteiger partial charge in [0.1, 0.15) is 0 Å². The number of sulfone groups is 1. The molecular weight excluding hydrogens is 397 g/mol. The highest BCUT2D eigenvalue weighted by molar-refractivity contribution is 7.91. The molecule has 5 atom stereocenters. The van der Waals surface area contributed by atoms with Crippen LogP contribution >= 0.6 is 24.8 Å². The van der Waals surface area contributed by atoms with Gasteiger partial charge in [0, 0.05) is 38.1 Å². The zero-order chi connectivity index (χ0) is 16.3. The van der Waals surface area contributed by atoms with Gasteiger partial charge in [-0.25, -0.2) is 18.4 Å². The molecule has 3 saturated heterocycles. The zero-order valence-electron chi connectivity index (χ0n) is 14.4. The van der Waals surface area contributed by atoms with Gasteiger partial charge in [-0.1, -0.05) is 0 Å². The maximum Gasteiger partial charge on any atom is 0.225 e. The van der Waals surface area contributed by atoms with Gasteiger partial charge in [0.15, 0.2) is 9.84 Å². The van der Waals surface area contributed by atoms with Crippen LogP contribution in [0.25, 0.3) is 0 Å². The van der Waals surface area contributed by atoms with E-state index in [0.29, 0.717) is 5.95 Å². The van der Waals surface area contributed by atoms with Crippen molar-refractivity contribution in [1.82, 2.24) is 20.2 Å². The molecule has 1 aromatic rings. The molecule has 0 aromatic carbocycles. The van der Waals surface area contributed by atoms with Crippen LogP contribution in [0.2, 0.25) is 0 Å². The first-order chi connectivity index (χ1) is 11.6. The molecule has 0 bridgehead atoms. The lowest BCUT2D eigenvalue weighted by Crippen LogP contribution is -2.60. The number of aromatic nitrogens is 2. The fraction of sp³-hybridized carbons (Fsp3) is 0.750. The number of hydrogen-bond donors (Lipinski definition) is 1. The van der Waals surface area contributed by atoms with E-state index in [2.05, 4.69) is 25.1 Å². The average Bonchev–Trinajstić information content (AvgIpc) is 2.91. The number of piperazine rings is 1. The Morgan fingerprint density at radius 1 is 1.04 bits per heavy atom. The van der Waals surface area contributed by atoms with Crippen LogP contribution in [0.15, 0.2) is 18.5 Å².